The average Bonchev–Trinajstić information content (AvgIpc) is 2.55. The Morgan fingerprint density at radius 1 is 1.73 bits per heavy atom. The van der Waals surface area contributed by atoms with Crippen molar-refractivity contribution in [3.05, 3.63) is 22.7 Å². The Bertz CT molecular complexity index is 264. The highest BCUT2D eigenvalue weighted by Gasteiger charge is 2.12. The van der Waals surface area contributed by atoms with Gasteiger partial charge >= 0.3 is 0 Å². The van der Waals surface area contributed by atoms with Gasteiger partial charge in [0.2, 0.25) is 0 Å². The number of rotatable bonds is 1. The van der Waals surface area contributed by atoms with Crippen molar-refractivity contribution >= 4 is 16.9 Å². The van der Waals surface area contributed by atoms with Gasteiger partial charge in [0.15, 0.2) is 0 Å². The zero-order valence-corrected chi connectivity index (χ0v) is 7.19. The molecule has 0 amide bonds. The fourth-order valence-corrected chi connectivity index (χ4v) is 1.81. The van der Waals surface area contributed by atoms with E-state index in [4.69, 9.17) is 0 Å². The molecule has 1 N–H and O–H groups in total. The molecule has 0 aliphatic carbocycles. The molecular weight excluding hydrogens is 156 g/mol. The Hall–Kier alpha value is -0.670. The number of hydrogen-bond donors (Lipinski definition) is 1. The standard InChI is InChI=1S/C8H10N2S/c1-6-2-7(3-9-6)8-4-11-5-10-8/h2,4-6,9H,3H2,1H3/t6-/m0/s1. The number of thiazole rings is 1. The van der Waals surface area contributed by atoms with Gasteiger partial charge in [-0.05, 0) is 12.5 Å². The van der Waals surface area contributed by atoms with E-state index in [-0.39, 0.29) is 0 Å². The molecule has 2 rings (SSSR count). The van der Waals surface area contributed by atoms with Gasteiger partial charge in [-0.25, -0.2) is 4.98 Å². The lowest BCUT2D eigenvalue weighted by Gasteiger charge is -1.95. The second-order valence-corrected chi connectivity index (χ2v) is 3.45. The molecule has 1 atom stereocenters. The molecule has 0 spiro atoms. The maximum atomic E-state index is 4.24. The summed E-state index contributed by atoms with van der Waals surface area (Å²) in [4.78, 5) is 4.24. The zero-order valence-electron chi connectivity index (χ0n) is 6.37. The van der Waals surface area contributed by atoms with E-state index in [9.17, 15) is 0 Å². The highest BCUT2D eigenvalue weighted by Crippen LogP contribution is 2.17. The SMILES string of the molecule is C[C@H]1C=C(c2cscn2)CN1. The average molecular weight is 166 g/mol. The Balaban J connectivity index is 2.25. The minimum atomic E-state index is 0.506. The van der Waals surface area contributed by atoms with E-state index >= 15 is 0 Å². The minimum absolute atomic E-state index is 0.506. The summed E-state index contributed by atoms with van der Waals surface area (Å²) in [5.41, 5.74) is 4.34. The fraction of sp³-hybridized carbons (Fsp3) is 0.375. The molecule has 1 aromatic heterocycles. The molecule has 2 nitrogen and oxygen atoms in total. The van der Waals surface area contributed by atoms with E-state index in [0.29, 0.717) is 6.04 Å². The van der Waals surface area contributed by atoms with Gasteiger partial charge in [0.25, 0.3) is 0 Å². The summed E-state index contributed by atoms with van der Waals surface area (Å²) >= 11 is 1.65. The van der Waals surface area contributed by atoms with Gasteiger partial charge in [0, 0.05) is 18.0 Å². The van der Waals surface area contributed by atoms with Crippen LogP contribution in [0.15, 0.2) is 17.0 Å². The second-order valence-electron chi connectivity index (χ2n) is 2.74. The van der Waals surface area contributed by atoms with Gasteiger partial charge in [0.05, 0.1) is 11.2 Å². The second kappa shape index (κ2) is 2.75. The monoisotopic (exact) mass is 166 g/mol. The van der Waals surface area contributed by atoms with Gasteiger partial charge in [-0.15, -0.1) is 11.3 Å². The van der Waals surface area contributed by atoms with Crippen LogP contribution in [0.3, 0.4) is 0 Å². The van der Waals surface area contributed by atoms with Gasteiger partial charge < -0.3 is 5.32 Å². The Labute approximate surface area is 70.0 Å². The lowest BCUT2D eigenvalue weighted by atomic mass is 10.2. The van der Waals surface area contributed by atoms with Gasteiger partial charge in [0.1, 0.15) is 0 Å². The van der Waals surface area contributed by atoms with Crippen molar-refractivity contribution in [1.82, 2.24) is 10.3 Å². The molecule has 11 heavy (non-hydrogen) atoms. The third kappa shape index (κ3) is 1.34. The summed E-state index contributed by atoms with van der Waals surface area (Å²) in [6.45, 7) is 3.12. The molecule has 0 fully saturated rings. The third-order valence-corrected chi connectivity index (χ3v) is 2.41. The van der Waals surface area contributed by atoms with Crippen LogP contribution in [0, 0.1) is 0 Å². The van der Waals surface area contributed by atoms with E-state index in [2.05, 4.69) is 28.7 Å². The predicted octanol–water partition coefficient (Wildman–Crippen LogP) is 1.52. The van der Waals surface area contributed by atoms with Crippen LogP contribution in [-0.4, -0.2) is 17.6 Å². The normalized spacial score (nSPS) is 23.7. The first-order chi connectivity index (χ1) is 5.36. The van der Waals surface area contributed by atoms with Crippen molar-refractivity contribution in [3.63, 3.8) is 0 Å². The smallest absolute Gasteiger partial charge is 0.0798 e. The van der Waals surface area contributed by atoms with Crippen LogP contribution in [0.5, 0.6) is 0 Å². The van der Waals surface area contributed by atoms with Crippen molar-refractivity contribution in [3.8, 4) is 0 Å². The number of hydrogen-bond acceptors (Lipinski definition) is 3. The summed E-state index contributed by atoms with van der Waals surface area (Å²) in [5, 5.41) is 5.42. The molecule has 0 bridgehead atoms. The van der Waals surface area contributed by atoms with Crippen molar-refractivity contribution in [1.29, 1.82) is 0 Å². The number of aromatic nitrogens is 1. The van der Waals surface area contributed by atoms with Crippen LogP contribution in [0.25, 0.3) is 5.57 Å². The van der Waals surface area contributed by atoms with Crippen molar-refractivity contribution in [2.75, 3.05) is 6.54 Å². The van der Waals surface area contributed by atoms with Crippen LogP contribution >= 0.6 is 11.3 Å². The first-order valence-corrected chi connectivity index (χ1v) is 4.63. The minimum Gasteiger partial charge on any atom is -0.307 e. The van der Waals surface area contributed by atoms with Gasteiger partial charge in [-0.2, -0.15) is 0 Å². The summed E-state index contributed by atoms with van der Waals surface area (Å²) < 4.78 is 0. The zero-order chi connectivity index (χ0) is 7.68. The largest absolute Gasteiger partial charge is 0.307 e. The highest BCUT2D eigenvalue weighted by molar-refractivity contribution is 7.07. The molecule has 0 unspecified atom stereocenters. The first-order valence-electron chi connectivity index (χ1n) is 3.69. The van der Waals surface area contributed by atoms with Crippen molar-refractivity contribution < 1.29 is 0 Å². The maximum Gasteiger partial charge on any atom is 0.0798 e. The van der Waals surface area contributed by atoms with E-state index in [1.807, 2.05) is 5.51 Å². The maximum absolute atomic E-state index is 4.24. The van der Waals surface area contributed by atoms with Crippen LogP contribution in [0.2, 0.25) is 0 Å². The van der Waals surface area contributed by atoms with Crippen molar-refractivity contribution in [2.45, 2.75) is 13.0 Å². The quantitative estimate of drug-likeness (QED) is 0.684. The predicted molar refractivity (Wildman–Crippen MR) is 47.6 cm³/mol. The topological polar surface area (TPSA) is 24.9 Å². The number of nitrogens with one attached hydrogen (secondary N) is 1. The lowest BCUT2D eigenvalue weighted by molar-refractivity contribution is 0.728. The Morgan fingerprint density at radius 2 is 2.64 bits per heavy atom. The summed E-state index contributed by atoms with van der Waals surface area (Å²) in [5.74, 6) is 0. The fourth-order valence-electron chi connectivity index (χ4n) is 1.24. The van der Waals surface area contributed by atoms with Gasteiger partial charge in [-0.1, -0.05) is 6.08 Å². The molecule has 1 aliphatic heterocycles. The Morgan fingerprint density at radius 3 is 3.18 bits per heavy atom. The molecule has 0 saturated heterocycles. The summed E-state index contributed by atoms with van der Waals surface area (Å²) in [6.07, 6.45) is 2.23. The van der Waals surface area contributed by atoms with Crippen LogP contribution in [0.4, 0.5) is 0 Å². The van der Waals surface area contributed by atoms with E-state index in [1.165, 1.54) is 5.57 Å². The third-order valence-electron chi connectivity index (χ3n) is 1.83. The molecule has 1 aromatic rings. The Kier molecular flexibility index (Phi) is 1.75. The summed E-state index contributed by atoms with van der Waals surface area (Å²) in [6, 6.07) is 0.506. The van der Waals surface area contributed by atoms with Crippen LogP contribution in [0.1, 0.15) is 12.6 Å². The molecule has 1 aliphatic rings. The summed E-state index contributed by atoms with van der Waals surface area (Å²) in [7, 11) is 0. The molecule has 0 radical (unpaired) electrons. The molecule has 0 saturated carbocycles. The van der Waals surface area contributed by atoms with Gasteiger partial charge in [-0.3, -0.25) is 0 Å². The van der Waals surface area contributed by atoms with Crippen LogP contribution in [-0.2, 0) is 0 Å². The molecular formula is C8H10N2S. The number of nitrogens with zero attached hydrogens (tertiary/aromatic N) is 1. The highest BCUT2D eigenvalue weighted by atomic mass is 32.1. The first kappa shape index (κ1) is 7.00. The van der Waals surface area contributed by atoms with Crippen molar-refractivity contribution in [2.24, 2.45) is 0 Å². The molecule has 58 valence electrons. The molecule has 2 heterocycles. The van der Waals surface area contributed by atoms with Crippen LogP contribution < -0.4 is 5.32 Å². The molecule has 3 heteroatoms. The van der Waals surface area contributed by atoms with E-state index in [1.54, 1.807) is 11.3 Å². The lowest BCUT2D eigenvalue weighted by Crippen LogP contribution is -2.17. The van der Waals surface area contributed by atoms with E-state index < -0.39 is 0 Å². The molecule has 0 aromatic carbocycles. The van der Waals surface area contributed by atoms with E-state index in [0.717, 1.165) is 12.2 Å².